The van der Waals surface area contributed by atoms with E-state index in [0.717, 1.165) is 19.3 Å². The molecule has 8 aliphatic rings. The van der Waals surface area contributed by atoms with Crippen LogP contribution in [0.5, 0.6) is 0 Å². The Balaban J connectivity index is 0.987. The average Bonchev–Trinajstić information content (AvgIpc) is 3.64. The highest BCUT2D eigenvalue weighted by molar-refractivity contribution is 5.79. The maximum Gasteiger partial charge on any atom is 0.0548 e. The number of hydrogen-bond donors (Lipinski definition) is 0. The van der Waals surface area contributed by atoms with Gasteiger partial charge in [-0.2, -0.15) is 0 Å². The van der Waals surface area contributed by atoms with Gasteiger partial charge in [0.1, 0.15) is 0 Å². The summed E-state index contributed by atoms with van der Waals surface area (Å²) in [6, 6.07) is 20.1. The van der Waals surface area contributed by atoms with E-state index in [1.54, 1.807) is 22.3 Å². The number of rotatable bonds is 5. The van der Waals surface area contributed by atoms with Crippen molar-refractivity contribution in [3.8, 4) is 0 Å². The van der Waals surface area contributed by atoms with Crippen LogP contribution in [0.25, 0.3) is 5.57 Å². The van der Waals surface area contributed by atoms with Crippen LogP contribution in [0.1, 0.15) is 95.1 Å². The maximum atomic E-state index is 2.89. The van der Waals surface area contributed by atoms with E-state index in [9.17, 15) is 0 Å². The Morgan fingerprint density at radius 3 is 2.45 bits per heavy atom. The molecule has 6 unspecified atom stereocenters. The molecule has 51 heavy (non-hydrogen) atoms. The molecule has 0 aromatic heterocycles. The predicted octanol–water partition coefficient (Wildman–Crippen LogP) is 12.3. The van der Waals surface area contributed by atoms with E-state index in [-0.39, 0.29) is 5.41 Å². The predicted molar refractivity (Wildman–Crippen MR) is 214 cm³/mol. The second-order valence-electron chi connectivity index (χ2n) is 16.8. The molecule has 0 bridgehead atoms. The molecular formula is C49H52N2. The van der Waals surface area contributed by atoms with Crippen LogP contribution in [-0.2, 0) is 0 Å². The van der Waals surface area contributed by atoms with Crippen LogP contribution in [0.2, 0.25) is 0 Å². The lowest BCUT2D eigenvalue weighted by atomic mass is 9.69. The first-order valence-electron chi connectivity index (χ1n) is 20.1. The monoisotopic (exact) mass is 668 g/mol. The summed E-state index contributed by atoms with van der Waals surface area (Å²) in [6.07, 6.45) is 41.1. The molecule has 0 N–H and O–H groups in total. The van der Waals surface area contributed by atoms with Crippen molar-refractivity contribution in [1.29, 1.82) is 0 Å². The Kier molecular flexibility index (Phi) is 7.66. The smallest absolute Gasteiger partial charge is 0.0548 e. The molecule has 0 spiro atoms. The zero-order chi connectivity index (χ0) is 34.1. The number of allylic oxidation sites excluding steroid dienone is 14. The summed E-state index contributed by atoms with van der Waals surface area (Å²) >= 11 is 0. The van der Waals surface area contributed by atoms with Crippen LogP contribution < -0.4 is 9.80 Å². The molecule has 2 aromatic rings. The normalized spacial score (nSPS) is 31.1. The lowest BCUT2D eigenvalue weighted by molar-refractivity contribution is 0.364. The Labute approximate surface area is 305 Å². The minimum Gasteiger partial charge on any atom is -0.360 e. The highest BCUT2D eigenvalue weighted by Gasteiger charge is 2.49. The van der Waals surface area contributed by atoms with Crippen molar-refractivity contribution in [3.05, 3.63) is 161 Å². The van der Waals surface area contributed by atoms with Crippen molar-refractivity contribution in [2.75, 3.05) is 9.80 Å². The SMILES string of the molecule is CC1(C)C2=CC=CCC2C2CC=C(N(C3=CCCC=C3)c3ccc(C4=CCCCC4N4c5ccccc5C5C6=CC=CCC6CCC54)cc3)C=C21. The van der Waals surface area contributed by atoms with E-state index in [0.29, 0.717) is 35.8 Å². The summed E-state index contributed by atoms with van der Waals surface area (Å²) in [5, 5.41) is 0. The topological polar surface area (TPSA) is 6.48 Å². The average molecular weight is 669 g/mol. The molecule has 10 rings (SSSR count). The van der Waals surface area contributed by atoms with Gasteiger partial charge in [-0.1, -0.05) is 122 Å². The van der Waals surface area contributed by atoms with Crippen LogP contribution in [0, 0.1) is 23.2 Å². The van der Waals surface area contributed by atoms with Gasteiger partial charge in [0, 0.05) is 40.1 Å². The number of nitrogens with zero attached hydrogens (tertiary/aromatic N) is 2. The second kappa shape index (κ2) is 12.4. The number of hydrogen-bond acceptors (Lipinski definition) is 2. The van der Waals surface area contributed by atoms with E-state index >= 15 is 0 Å². The molecule has 7 aliphatic carbocycles. The Hall–Kier alpha value is -4.30. The summed E-state index contributed by atoms with van der Waals surface area (Å²) in [7, 11) is 0. The zero-order valence-electron chi connectivity index (χ0n) is 30.5. The Morgan fingerprint density at radius 2 is 1.57 bits per heavy atom. The van der Waals surface area contributed by atoms with Gasteiger partial charge >= 0.3 is 0 Å². The molecule has 0 radical (unpaired) electrons. The Morgan fingerprint density at radius 1 is 0.725 bits per heavy atom. The number of para-hydroxylation sites is 1. The van der Waals surface area contributed by atoms with E-state index < -0.39 is 0 Å². The van der Waals surface area contributed by atoms with Gasteiger partial charge < -0.3 is 9.80 Å². The van der Waals surface area contributed by atoms with Crippen LogP contribution in [0.15, 0.2) is 150 Å². The third-order valence-electron chi connectivity index (χ3n) is 13.9. The molecular weight excluding hydrogens is 617 g/mol. The largest absolute Gasteiger partial charge is 0.360 e. The minimum atomic E-state index is 0.102. The molecule has 0 amide bonds. The molecule has 1 aliphatic heterocycles. The Bertz CT molecular complexity index is 2020. The molecule has 2 aromatic carbocycles. The number of fused-ring (bicyclic) bond motifs is 8. The molecule has 6 atom stereocenters. The standard InChI is InChI=1S/C49H52N2/c1-49(2)43-21-11-8-19-40(43)41-30-29-37(32-44(41)49)50(35-15-4-3-5-16-35)36-27-24-34(25-28-36)38-17-9-12-22-45(38)51-46-23-13-10-20-42(46)48-39-18-7-6-14-33(39)26-31-47(48)51/h4,6-8,10-11,13,15-18,20-21,23-25,27-29,32-33,40-41,45,47-48H,3,5,9,12,14,19,22,26,30-31H2,1-2H3. The van der Waals surface area contributed by atoms with Crippen LogP contribution >= 0.6 is 0 Å². The molecule has 258 valence electrons. The molecule has 0 saturated heterocycles. The fourth-order valence-corrected chi connectivity index (χ4v) is 11.6. The molecule has 1 heterocycles. The van der Waals surface area contributed by atoms with Gasteiger partial charge in [-0.15, -0.1) is 0 Å². The van der Waals surface area contributed by atoms with E-state index in [4.69, 9.17) is 0 Å². The highest BCUT2D eigenvalue weighted by atomic mass is 15.2. The first kappa shape index (κ1) is 31.4. The van der Waals surface area contributed by atoms with E-state index in [1.807, 2.05) is 0 Å². The van der Waals surface area contributed by atoms with Gasteiger partial charge in [0.25, 0.3) is 0 Å². The number of anilines is 2. The van der Waals surface area contributed by atoms with Crippen molar-refractivity contribution in [3.63, 3.8) is 0 Å². The lowest BCUT2D eigenvalue weighted by Gasteiger charge is -2.44. The van der Waals surface area contributed by atoms with Crippen molar-refractivity contribution >= 4 is 16.9 Å². The summed E-state index contributed by atoms with van der Waals surface area (Å²) in [5.74, 6) is 2.51. The second-order valence-corrected chi connectivity index (χ2v) is 16.8. The summed E-state index contributed by atoms with van der Waals surface area (Å²) in [5.41, 5.74) is 14.9. The van der Waals surface area contributed by atoms with Gasteiger partial charge in [-0.3, -0.25) is 0 Å². The van der Waals surface area contributed by atoms with Crippen LogP contribution in [0.3, 0.4) is 0 Å². The minimum absolute atomic E-state index is 0.102. The van der Waals surface area contributed by atoms with E-state index in [2.05, 4.69) is 145 Å². The summed E-state index contributed by atoms with van der Waals surface area (Å²) in [6.45, 7) is 4.92. The lowest BCUT2D eigenvalue weighted by Crippen LogP contribution is -2.46. The van der Waals surface area contributed by atoms with Gasteiger partial charge in [-0.05, 0) is 129 Å². The van der Waals surface area contributed by atoms with Gasteiger partial charge in [0.05, 0.1) is 6.04 Å². The molecule has 2 saturated carbocycles. The number of benzene rings is 2. The third-order valence-corrected chi connectivity index (χ3v) is 13.9. The van der Waals surface area contributed by atoms with Gasteiger partial charge in [0.2, 0.25) is 0 Å². The molecule has 2 fully saturated rings. The molecule has 2 heteroatoms. The third kappa shape index (κ3) is 5.03. The first-order valence-corrected chi connectivity index (χ1v) is 20.1. The summed E-state index contributed by atoms with van der Waals surface area (Å²) < 4.78 is 0. The van der Waals surface area contributed by atoms with Crippen molar-refractivity contribution in [1.82, 2.24) is 0 Å². The van der Waals surface area contributed by atoms with Crippen molar-refractivity contribution in [2.45, 2.75) is 96.1 Å². The van der Waals surface area contributed by atoms with Crippen molar-refractivity contribution < 1.29 is 0 Å². The maximum absolute atomic E-state index is 2.89. The molecule has 2 nitrogen and oxygen atoms in total. The highest BCUT2D eigenvalue weighted by Crippen LogP contribution is 2.59. The van der Waals surface area contributed by atoms with Crippen LogP contribution in [-0.4, -0.2) is 12.1 Å². The van der Waals surface area contributed by atoms with Gasteiger partial charge in [-0.25, -0.2) is 0 Å². The van der Waals surface area contributed by atoms with Gasteiger partial charge in [0.15, 0.2) is 0 Å². The quantitative estimate of drug-likeness (QED) is 0.313. The van der Waals surface area contributed by atoms with E-state index in [1.165, 1.54) is 78.9 Å². The fourth-order valence-electron chi connectivity index (χ4n) is 11.6. The fraction of sp³-hybridized carbons (Fsp3) is 0.388. The van der Waals surface area contributed by atoms with Crippen molar-refractivity contribution in [2.24, 2.45) is 23.2 Å². The summed E-state index contributed by atoms with van der Waals surface area (Å²) in [4.78, 5) is 5.44. The first-order chi connectivity index (χ1) is 25.1. The zero-order valence-corrected chi connectivity index (χ0v) is 30.5. The van der Waals surface area contributed by atoms with Crippen LogP contribution in [0.4, 0.5) is 11.4 Å².